The Hall–Kier alpha value is -2.83. The van der Waals surface area contributed by atoms with Crippen molar-refractivity contribution < 1.29 is 9.21 Å². The molecule has 0 saturated carbocycles. The Morgan fingerprint density at radius 2 is 1.96 bits per heavy atom. The smallest absolute Gasteiger partial charge is 0.328 e. The molecule has 0 radical (unpaired) electrons. The Morgan fingerprint density at radius 1 is 1.25 bits per heavy atom. The second-order valence-electron chi connectivity index (χ2n) is 5.78. The van der Waals surface area contributed by atoms with Gasteiger partial charge < -0.3 is 9.73 Å². The number of benzene rings is 1. The van der Waals surface area contributed by atoms with Crippen LogP contribution >= 0.6 is 0 Å². The van der Waals surface area contributed by atoms with Crippen LogP contribution in [0.1, 0.15) is 34.6 Å². The predicted molar refractivity (Wildman–Crippen MR) is 89.9 cm³/mol. The van der Waals surface area contributed by atoms with Crippen molar-refractivity contribution in [3.8, 4) is 0 Å². The number of carbonyl (C=O) groups is 1. The first-order chi connectivity index (χ1) is 11.4. The van der Waals surface area contributed by atoms with Gasteiger partial charge in [0.25, 0.3) is 5.91 Å². The van der Waals surface area contributed by atoms with Gasteiger partial charge in [0.05, 0.1) is 16.7 Å². The molecule has 7 heteroatoms. The highest BCUT2D eigenvalue weighted by atomic mass is 16.4. The zero-order valence-electron chi connectivity index (χ0n) is 14.2. The molecule has 24 heavy (non-hydrogen) atoms. The molecule has 7 nitrogen and oxygen atoms in total. The van der Waals surface area contributed by atoms with E-state index in [0.29, 0.717) is 24.6 Å². The molecule has 0 aliphatic rings. The van der Waals surface area contributed by atoms with Crippen molar-refractivity contribution >= 4 is 16.9 Å². The topological polar surface area (TPSA) is 82.1 Å². The SMILES string of the molecule is CCc1nc(C)c(C(=O)NCc2ccc3c(c2)n(C)c(=O)n3C)o1. The van der Waals surface area contributed by atoms with E-state index in [0.717, 1.165) is 16.6 Å². The van der Waals surface area contributed by atoms with Gasteiger partial charge in [-0.15, -0.1) is 0 Å². The van der Waals surface area contributed by atoms with Crippen LogP contribution in [0.4, 0.5) is 0 Å². The highest BCUT2D eigenvalue weighted by molar-refractivity contribution is 5.92. The average Bonchev–Trinajstić information content (AvgIpc) is 3.06. The monoisotopic (exact) mass is 328 g/mol. The number of hydrogen-bond acceptors (Lipinski definition) is 4. The first-order valence-electron chi connectivity index (χ1n) is 7.81. The van der Waals surface area contributed by atoms with Crippen molar-refractivity contribution in [3.63, 3.8) is 0 Å². The molecule has 0 bridgehead atoms. The summed E-state index contributed by atoms with van der Waals surface area (Å²) in [6.45, 7) is 4.02. The van der Waals surface area contributed by atoms with E-state index >= 15 is 0 Å². The van der Waals surface area contributed by atoms with Crippen molar-refractivity contribution in [1.82, 2.24) is 19.4 Å². The van der Waals surface area contributed by atoms with Crippen LogP contribution in [0.5, 0.6) is 0 Å². The van der Waals surface area contributed by atoms with Gasteiger partial charge in [-0.05, 0) is 24.6 Å². The summed E-state index contributed by atoms with van der Waals surface area (Å²) in [6, 6.07) is 5.68. The van der Waals surface area contributed by atoms with Crippen LogP contribution in [-0.2, 0) is 27.1 Å². The normalized spacial score (nSPS) is 11.2. The lowest BCUT2D eigenvalue weighted by atomic mass is 10.2. The van der Waals surface area contributed by atoms with Crippen LogP contribution in [0.3, 0.4) is 0 Å². The Kier molecular flexibility index (Phi) is 4.01. The van der Waals surface area contributed by atoms with Crippen molar-refractivity contribution in [2.75, 3.05) is 0 Å². The summed E-state index contributed by atoms with van der Waals surface area (Å²) in [5.74, 6) is 0.514. The largest absolute Gasteiger partial charge is 0.435 e. The quantitative estimate of drug-likeness (QED) is 0.790. The van der Waals surface area contributed by atoms with Gasteiger partial charge in [0.15, 0.2) is 5.89 Å². The van der Waals surface area contributed by atoms with Crippen molar-refractivity contribution in [2.24, 2.45) is 14.1 Å². The summed E-state index contributed by atoms with van der Waals surface area (Å²) < 4.78 is 8.64. The third-order valence-electron chi connectivity index (χ3n) is 4.14. The lowest BCUT2D eigenvalue weighted by molar-refractivity contribution is 0.0920. The van der Waals surface area contributed by atoms with Gasteiger partial charge >= 0.3 is 5.69 Å². The molecular weight excluding hydrogens is 308 g/mol. The van der Waals surface area contributed by atoms with E-state index in [4.69, 9.17) is 4.42 Å². The number of imidazole rings is 1. The number of carbonyl (C=O) groups excluding carboxylic acids is 1. The number of nitrogens with zero attached hydrogens (tertiary/aromatic N) is 3. The van der Waals surface area contributed by atoms with Crippen LogP contribution < -0.4 is 11.0 Å². The number of aromatic nitrogens is 3. The molecule has 0 fully saturated rings. The number of hydrogen-bond donors (Lipinski definition) is 1. The molecule has 0 aliphatic heterocycles. The number of oxazole rings is 1. The molecule has 2 aromatic heterocycles. The average molecular weight is 328 g/mol. The molecule has 2 heterocycles. The minimum atomic E-state index is -0.290. The molecule has 3 rings (SSSR count). The Morgan fingerprint density at radius 3 is 2.62 bits per heavy atom. The molecule has 0 atom stereocenters. The van der Waals surface area contributed by atoms with Crippen LogP contribution in [0, 0.1) is 6.92 Å². The minimum Gasteiger partial charge on any atom is -0.435 e. The minimum absolute atomic E-state index is 0.0736. The third kappa shape index (κ3) is 2.62. The summed E-state index contributed by atoms with van der Waals surface area (Å²) in [5.41, 5.74) is 3.11. The van der Waals surface area contributed by atoms with Gasteiger partial charge in [-0.3, -0.25) is 13.9 Å². The van der Waals surface area contributed by atoms with Crippen LogP contribution in [0.25, 0.3) is 11.0 Å². The molecule has 3 aromatic rings. The van der Waals surface area contributed by atoms with Gasteiger partial charge in [0.2, 0.25) is 5.76 Å². The number of fused-ring (bicyclic) bond motifs is 1. The van der Waals surface area contributed by atoms with E-state index in [1.165, 1.54) is 0 Å². The lowest BCUT2D eigenvalue weighted by Gasteiger charge is -2.05. The maximum absolute atomic E-state index is 12.3. The molecule has 1 N–H and O–H groups in total. The number of nitrogens with one attached hydrogen (secondary N) is 1. The Balaban J connectivity index is 1.80. The summed E-state index contributed by atoms with van der Waals surface area (Å²) in [4.78, 5) is 28.4. The van der Waals surface area contributed by atoms with E-state index in [1.807, 2.05) is 25.1 Å². The molecular formula is C17H20N4O3. The van der Waals surface area contributed by atoms with Crippen molar-refractivity contribution in [1.29, 1.82) is 0 Å². The van der Waals surface area contributed by atoms with E-state index < -0.39 is 0 Å². The Bertz CT molecular complexity index is 978. The van der Waals surface area contributed by atoms with Gasteiger partial charge in [0, 0.05) is 27.1 Å². The number of rotatable bonds is 4. The highest BCUT2D eigenvalue weighted by Gasteiger charge is 2.16. The van der Waals surface area contributed by atoms with E-state index in [1.54, 1.807) is 30.2 Å². The zero-order chi connectivity index (χ0) is 17.4. The summed E-state index contributed by atoms with van der Waals surface area (Å²) >= 11 is 0. The molecule has 126 valence electrons. The predicted octanol–water partition coefficient (Wildman–Crippen LogP) is 1.67. The summed E-state index contributed by atoms with van der Waals surface area (Å²) in [5, 5.41) is 2.83. The van der Waals surface area contributed by atoms with Crippen molar-refractivity contribution in [3.05, 3.63) is 51.6 Å². The van der Waals surface area contributed by atoms with Gasteiger partial charge in [0.1, 0.15) is 0 Å². The molecule has 0 saturated heterocycles. The Labute approximate surface area is 138 Å². The number of aryl methyl sites for hydroxylation is 4. The fourth-order valence-corrected chi connectivity index (χ4v) is 2.74. The molecule has 1 aromatic carbocycles. The van der Waals surface area contributed by atoms with E-state index in [9.17, 15) is 9.59 Å². The first-order valence-corrected chi connectivity index (χ1v) is 7.81. The summed E-state index contributed by atoms with van der Waals surface area (Å²) in [6.07, 6.45) is 0.646. The molecule has 0 unspecified atom stereocenters. The zero-order valence-corrected chi connectivity index (χ0v) is 14.2. The standard InChI is InChI=1S/C17H20N4O3/c1-5-14-19-10(2)15(24-14)16(22)18-9-11-6-7-12-13(8-11)21(4)17(23)20(12)3/h6-8H,5,9H2,1-4H3,(H,18,22). The highest BCUT2D eigenvalue weighted by Crippen LogP contribution is 2.15. The fraction of sp³-hybridized carbons (Fsp3) is 0.353. The van der Waals surface area contributed by atoms with Gasteiger partial charge in [-0.25, -0.2) is 9.78 Å². The van der Waals surface area contributed by atoms with E-state index in [-0.39, 0.29) is 17.4 Å². The maximum atomic E-state index is 12.3. The second kappa shape index (κ2) is 5.99. The first kappa shape index (κ1) is 16.0. The molecule has 1 amide bonds. The third-order valence-corrected chi connectivity index (χ3v) is 4.14. The van der Waals surface area contributed by atoms with Gasteiger partial charge in [-0.2, -0.15) is 0 Å². The summed E-state index contributed by atoms with van der Waals surface area (Å²) in [7, 11) is 3.47. The van der Waals surface area contributed by atoms with Crippen LogP contribution in [-0.4, -0.2) is 20.0 Å². The molecule has 0 spiro atoms. The maximum Gasteiger partial charge on any atom is 0.328 e. The fourth-order valence-electron chi connectivity index (χ4n) is 2.74. The second-order valence-corrected chi connectivity index (χ2v) is 5.78. The van der Waals surface area contributed by atoms with Crippen LogP contribution in [0.15, 0.2) is 27.4 Å². The van der Waals surface area contributed by atoms with E-state index in [2.05, 4.69) is 10.3 Å². The van der Waals surface area contributed by atoms with Crippen LogP contribution in [0.2, 0.25) is 0 Å². The van der Waals surface area contributed by atoms with Crippen molar-refractivity contribution in [2.45, 2.75) is 26.8 Å². The van der Waals surface area contributed by atoms with Gasteiger partial charge in [-0.1, -0.05) is 13.0 Å². The lowest BCUT2D eigenvalue weighted by Crippen LogP contribution is -2.23. The number of amides is 1. The molecule has 0 aliphatic carbocycles.